The fourth-order valence-electron chi connectivity index (χ4n) is 1.85. The average molecular weight is 284 g/mol. The fourth-order valence-corrected chi connectivity index (χ4v) is 2.55. The van der Waals surface area contributed by atoms with Gasteiger partial charge in [0.2, 0.25) is 10.0 Å². The molecule has 1 rings (SSSR count). The van der Waals surface area contributed by atoms with Crippen LogP contribution in [-0.4, -0.2) is 26.3 Å². The van der Waals surface area contributed by atoms with E-state index in [0.717, 1.165) is 12.2 Å². The minimum Gasteiger partial charge on any atom is -0.369 e. The maximum absolute atomic E-state index is 11.8. The lowest BCUT2D eigenvalue weighted by atomic mass is 10.2. The highest BCUT2D eigenvalue weighted by molar-refractivity contribution is 7.93. The maximum atomic E-state index is 11.8. The molecule has 0 radical (unpaired) electrons. The van der Waals surface area contributed by atoms with Crippen LogP contribution in [0.25, 0.3) is 0 Å². The second-order valence-corrected chi connectivity index (χ2v) is 7.36. The topological polar surface area (TPSA) is 49.4 Å². The van der Waals surface area contributed by atoms with Crippen LogP contribution >= 0.6 is 0 Å². The molecular weight excluding hydrogens is 260 g/mol. The van der Waals surface area contributed by atoms with Crippen LogP contribution in [0.3, 0.4) is 0 Å². The SMILES string of the molecule is CCN(c1ccc(NS(=O)(=O)C(C)C)cc1)C(C)C. The van der Waals surface area contributed by atoms with Gasteiger partial charge < -0.3 is 4.90 Å². The number of anilines is 2. The highest BCUT2D eigenvalue weighted by Gasteiger charge is 2.15. The standard InChI is InChI=1S/C14H24N2O2S/c1-6-16(11(2)3)14-9-7-13(8-10-14)15-19(17,18)12(4)5/h7-12,15H,6H2,1-5H3. The molecule has 0 saturated carbocycles. The van der Waals surface area contributed by atoms with Crippen molar-refractivity contribution in [2.75, 3.05) is 16.2 Å². The summed E-state index contributed by atoms with van der Waals surface area (Å²) in [6, 6.07) is 7.92. The Hall–Kier alpha value is -1.23. The van der Waals surface area contributed by atoms with Crippen molar-refractivity contribution in [3.05, 3.63) is 24.3 Å². The van der Waals surface area contributed by atoms with Crippen molar-refractivity contribution in [2.24, 2.45) is 0 Å². The normalized spacial score (nSPS) is 11.9. The van der Waals surface area contributed by atoms with Gasteiger partial charge in [-0.1, -0.05) is 0 Å². The van der Waals surface area contributed by atoms with Crippen molar-refractivity contribution < 1.29 is 8.42 Å². The van der Waals surface area contributed by atoms with Gasteiger partial charge in [-0.05, 0) is 58.9 Å². The molecule has 19 heavy (non-hydrogen) atoms. The van der Waals surface area contributed by atoms with Crippen LogP contribution in [0.15, 0.2) is 24.3 Å². The molecule has 1 N–H and O–H groups in total. The first-order chi connectivity index (χ1) is 8.77. The maximum Gasteiger partial charge on any atom is 0.235 e. The van der Waals surface area contributed by atoms with E-state index in [0.29, 0.717) is 11.7 Å². The van der Waals surface area contributed by atoms with Crippen molar-refractivity contribution in [1.29, 1.82) is 0 Å². The summed E-state index contributed by atoms with van der Waals surface area (Å²) in [5.41, 5.74) is 1.71. The van der Waals surface area contributed by atoms with E-state index in [-0.39, 0.29) is 0 Å². The molecule has 1 aromatic carbocycles. The Morgan fingerprint density at radius 1 is 1.11 bits per heavy atom. The predicted octanol–water partition coefficient (Wildman–Crippen LogP) is 3.07. The van der Waals surface area contributed by atoms with Crippen molar-refractivity contribution in [2.45, 2.75) is 45.9 Å². The molecule has 0 aromatic heterocycles. The second-order valence-electron chi connectivity index (χ2n) is 5.12. The van der Waals surface area contributed by atoms with Crippen LogP contribution < -0.4 is 9.62 Å². The molecular formula is C14H24N2O2S. The molecule has 0 fully saturated rings. The van der Waals surface area contributed by atoms with Gasteiger partial charge in [0.25, 0.3) is 0 Å². The van der Waals surface area contributed by atoms with Gasteiger partial charge in [0.1, 0.15) is 0 Å². The first-order valence-electron chi connectivity index (χ1n) is 6.66. The number of sulfonamides is 1. The Morgan fingerprint density at radius 3 is 2.00 bits per heavy atom. The Kier molecular flexibility index (Phi) is 5.23. The van der Waals surface area contributed by atoms with E-state index >= 15 is 0 Å². The number of hydrogen-bond acceptors (Lipinski definition) is 3. The minimum atomic E-state index is -3.27. The van der Waals surface area contributed by atoms with Crippen LogP contribution in [0, 0.1) is 0 Å². The summed E-state index contributed by atoms with van der Waals surface area (Å²) >= 11 is 0. The molecule has 0 amide bonds. The van der Waals surface area contributed by atoms with Crippen LogP contribution in [0.1, 0.15) is 34.6 Å². The second kappa shape index (κ2) is 6.28. The quantitative estimate of drug-likeness (QED) is 0.873. The largest absolute Gasteiger partial charge is 0.369 e. The third kappa shape index (κ3) is 4.13. The third-order valence-corrected chi connectivity index (χ3v) is 4.81. The monoisotopic (exact) mass is 284 g/mol. The molecule has 0 unspecified atom stereocenters. The predicted molar refractivity (Wildman–Crippen MR) is 82.3 cm³/mol. The minimum absolute atomic E-state index is 0.420. The highest BCUT2D eigenvalue weighted by atomic mass is 32.2. The van der Waals surface area contributed by atoms with Gasteiger partial charge in [0.05, 0.1) is 5.25 Å². The first-order valence-corrected chi connectivity index (χ1v) is 8.21. The molecule has 0 bridgehead atoms. The van der Waals surface area contributed by atoms with Crippen molar-refractivity contribution in [3.8, 4) is 0 Å². The smallest absolute Gasteiger partial charge is 0.235 e. The van der Waals surface area contributed by atoms with Crippen molar-refractivity contribution in [3.63, 3.8) is 0 Å². The van der Waals surface area contributed by atoms with Gasteiger partial charge in [0, 0.05) is 24.0 Å². The Labute approximate surface area is 116 Å². The van der Waals surface area contributed by atoms with Gasteiger partial charge in [0.15, 0.2) is 0 Å². The number of hydrogen-bond donors (Lipinski definition) is 1. The number of benzene rings is 1. The zero-order chi connectivity index (χ0) is 14.6. The molecule has 0 atom stereocenters. The Morgan fingerprint density at radius 2 is 1.63 bits per heavy atom. The third-order valence-electron chi connectivity index (χ3n) is 3.04. The molecule has 0 aliphatic carbocycles. The van der Waals surface area contributed by atoms with Crippen molar-refractivity contribution in [1.82, 2.24) is 0 Å². The molecule has 0 aliphatic rings. The van der Waals surface area contributed by atoms with E-state index in [2.05, 4.69) is 30.4 Å². The van der Waals surface area contributed by atoms with Gasteiger partial charge >= 0.3 is 0 Å². The van der Waals surface area contributed by atoms with E-state index in [9.17, 15) is 8.42 Å². The summed E-state index contributed by atoms with van der Waals surface area (Å²) in [6.07, 6.45) is 0. The Bertz CT molecular complexity index is 493. The number of nitrogens with one attached hydrogen (secondary N) is 1. The lowest BCUT2D eigenvalue weighted by Gasteiger charge is -2.27. The molecule has 1 aromatic rings. The summed E-state index contributed by atoms with van der Waals surface area (Å²) < 4.78 is 26.1. The lowest BCUT2D eigenvalue weighted by Crippen LogP contribution is -2.30. The molecule has 4 nitrogen and oxygen atoms in total. The van der Waals surface area contributed by atoms with E-state index in [1.807, 2.05) is 12.1 Å². The summed E-state index contributed by atoms with van der Waals surface area (Å²) in [6.45, 7) is 10.6. The van der Waals surface area contributed by atoms with Gasteiger partial charge in [-0.3, -0.25) is 4.72 Å². The average Bonchev–Trinajstić information content (AvgIpc) is 2.31. The van der Waals surface area contributed by atoms with Crippen LogP contribution in [-0.2, 0) is 10.0 Å². The zero-order valence-electron chi connectivity index (χ0n) is 12.3. The lowest BCUT2D eigenvalue weighted by molar-refractivity contribution is 0.593. The van der Waals surface area contributed by atoms with E-state index in [1.54, 1.807) is 26.0 Å². The number of nitrogens with zero attached hydrogens (tertiary/aromatic N) is 1. The summed E-state index contributed by atoms with van der Waals surface area (Å²) in [7, 11) is -3.27. The summed E-state index contributed by atoms with van der Waals surface area (Å²) in [5, 5.41) is -0.435. The van der Waals surface area contributed by atoms with E-state index in [1.165, 1.54) is 0 Å². The van der Waals surface area contributed by atoms with Crippen LogP contribution in [0.2, 0.25) is 0 Å². The summed E-state index contributed by atoms with van der Waals surface area (Å²) in [4.78, 5) is 2.25. The van der Waals surface area contributed by atoms with E-state index in [4.69, 9.17) is 0 Å². The number of rotatable bonds is 6. The van der Waals surface area contributed by atoms with E-state index < -0.39 is 15.3 Å². The summed E-state index contributed by atoms with van der Waals surface area (Å²) in [5.74, 6) is 0. The molecule has 5 heteroatoms. The molecule has 108 valence electrons. The zero-order valence-corrected chi connectivity index (χ0v) is 13.2. The highest BCUT2D eigenvalue weighted by Crippen LogP contribution is 2.21. The van der Waals surface area contributed by atoms with Crippen molar-refractivity contribution >= 4 is 21.4 Å². The fraction of sp³-hybridized carbons (Fsp3) is 0.571. The molecule has 0 saturated heterocycles. The molecule has 0 spiro atoms. The molecule has 0 heterocycles. The van der Waals surface area contributed by atoms with Gasteiger partial charge in [-0.15, -0.1) is 0 Å². The van der Waals surface area contributed by atoms with Gasteiger partial charge in [-0.2, -0.15) is 0 Å². The molecule has 0 aliphatic heterocycles. The first kappa shape index (κ1) is 15.8. The van der Waals surface area contributed by atoms with Crippen LogP contribution in [0.4, 0.5) is 11.4 Å². The van der Waals surface area contributed by atoms with Crippen LogP contribution in [0.5, 0.6) is 0 Å². The Balaban J connectivity index is 2.88. The van der Waals surface area contributed by atoms with Gasteiger partial charge in [-0.25, -0.2) is 8.42 Å².